The average molecular weight is 563 g/mol. The van der Waals surface area contributed by atoms with E-state index in [2.05, 4.69) is 78.1 Å². The molecule has 6 aromatic rings. The Balaban J connectivity index is 1.31. The lowest BCUT2D eigenvalue weighted by molar-refractivity contribution is 0.102. The van der Waals surface area contributed by atoms with Crippen LogP contribution in [0.2, 0.25) is 0 Å². The van der Waals surface area contributed by atoms with Crippen molar-refractivity contribution in [2.75, 3.05) is 5.32 Å². The number of anilines is 1. The van der Waals surface area contributed by atoms with Crippen LogP contribution in [0, 0.1) is 0 Å². The number of aromatic nitrogens is 1. The van der Waals surface area contributed by atoms with Crippen LogP contribution in [-0.4, -0.2) is 15.6 Å². The van der Waals surface area contributed by atoms with Crippen molar-refractivity contribution in [3.63, 3.8) is 0 Å². The van der Waals surface area contributed by atoms with Gasteiger partial charge in [-0.1, -0.05) is 115 Å². The van der Waals surface area contributed by atoms with Crippen LogP contribution in [-0.2, 0) is 18.4 Å². The Kier molecular flexibility index (Phi) is 6.63. The van der Waals surface area contributed by atoms with Crippen molar-refractivity contribution in [2.45, 2.75) is 24.8 Å². The number of para-hydroxylation sites is 1. The Morgan fingerprint density at radius 2 is 1.21 bits per heavy atom. The van der Waals surface area contributed by atoms with E-state index in [-0.39, 0.29) is 11.3 Å². The number of carbonyl (C=O) groups excluding carboxylic acids is 1. The minimum Gasteiger partial charge on any atom is -0.506 e. The molecular weight excluding hydrogens is 532 g/mol. The molecule has 0 bridgehead atoms. The maximum absolute atomic E-state index is 13.5. The zero-order valence-electron chi connectivity index (χ0n) is 23.5. The molecule has 210 valence electrons. The highest BCUT2D eigenvalue weighted by atomic mass is 16.3. The minimum atomic E-state index is -0.627. The number of nitrogens with zero attached hydrogens (tertiary/aromatic N) is 1. The Bertz CT molecular complexity index is 1900. The first kappa shape index (κ1) is 26.5. The van der Waals surface area contributed by atoms with E-state index in [0.717, 1.165) is 46.2 Å². The van der Waals surface area contributed by atoms with E-state index in [1.807, 2.05) is 54.6 Å². The van der Waals surface area contributed by atoms with Gasteiger partial charge in [-0.25, -0.2) is 0 Å². The van der Waals surface area contributed by atoms with Gasteiger partial charge in [0.25, 0.3) is 11.5 Å². The highest BCUT2D eigenvalue weighted by Crippen LogP contribution is 2.45. The van der Waals surface area contributed by atoms with Gasteiger partial charge in [0.15, 0.2) is 0 Å². The second kappa shape index (κ2) is 10.8. The van der Waals surface area contributed by atoms with Crippen molar-refractivity contribution < 1.29 is 9.90 Å². The molecule has 1 aromatic heterocycles. The molecule has 5 aromatic carbocycles. The van der Waals surface area contributed by atoms with Crippen LogP contribution in [0.5, 0.6) is 5.75 Å². The predicted molar refractivity (Wildman–Crippen MR) is 171 cm³/mol. The van der Waals surface area contributed by atoms with E-state index < -0.39 is 16.9 Å². The molecule has 1 amide bonds. The normalized spacial score (nSPS) is 12.7. The van der Waals surface area contributed by atoms with Crippen molar-refractivity contribution in [2.24, 2.45) is 0 Å². The third-order valence-corrected chi connectivity index (χ3v) is 8.59. The topological polar surface area (TPSA) is 71.3 Å². The van der Waals surface area contributed by atoms with Gasteiger partial charge in [-0.15, -0.1) is 0 Å². The molecule has 7 rings (SSSR count). The molecular formula is C38H30N2O3. The fourth-order valence-corrected chi connectivity index (χ4v) is 6.68. The molecule has 5 heteroatoms. The first-order valence-corrected chi connectivity index (χ1v) is 14.5. The van der Waals surface area contributed by atoms with Gasteiger partial charge in [0.1, 0.15) is 11.3 Å². The molecule has 0 fully saturated rings. The van der Waals surface area contributed by atoms with E-state index in [0.29, 0.717) is 17.6 Å². The summed E-state index contributed by atoms with van der Waals surface area (Å²) in [5.74, 6) is -0.900. The van der Waals surface area contributed by atoms with E-state index in [1.165, 1.54) is 0 Å². The largest absolute Gasteiger partial charge is 0.506 e. The second-order valence-corrected chi connectivity index (χ2v) is 11.0. The lowest BCUT2D eigenvalue weighted by Gasteiger charge is -2.37. The number of nitrogens with one attached hydrogen (secondary N) is 1. The van der Waals surface area contributed by atoms with Gasteiger partial charge in [-0.2, -0.15) is 0 Å². The number of aryl methyl sites for hydroxylation is 2. The second-order valence-electron chi connectivity index (χ2n) is 11.0. The van der Waals surface area contributed by atoms with Crippen molar-refractivity contribution in [1.29, 1.82) is 0 Å². The zero-order valence-corrected chi connectivity index (χ0v) is 23.5. The summed E-state index contributed by atoms with van der Waals surface area (Å²) in [5, 5.41) is 14.5. The molecule has 43 heavy (non-hydrogen) atoms. The van der Waals surface area contributed by atoms with E-state index in [4.69, 9.17) is 0 Å². The fraction of sp³-hybridized carbons (Fsp3) is 0.105. The number of pyridine rings is 1. The van der Waals surface area contributed by atoms with Crippen LogP contribution in [0.1, 0.15) is 44.6 Å². The van der Waals surface area contributed by atoms with Crippen molar-refractivity contribution in [3.8, 4) is 5.75 Å². The summed E-state index contributed by atoms with van der Waals surface area (Å²) in [4.78, 5) is 27.0. The third-order valence-electron chi connectivity index (χ3n) is 8.59. The van der Waals surface area contributed by atoms with Gasteiger partial charge in [0.2, 0.25) is 0 Å². The number of rotatable bonds is 6. The third kappa shape index (κ3) is 4.32. The van der Waals surface area contributed by atoms with Gasteiger partial charge in [0.05, 0.1) is 10.9 Å². The van der Waals surface area contributed by atoms with Gasteiger partial charge >= 0.3 is 0 Å². The molecule has 0 spiro atoms. The Morgan fingerprint density at radius 3 is 1.77 bits per heavy atom. The van der Waals surface area contributed by atoms with E-state index in [1.54, 1.807) is 10.6 Å². The first-order valence-electron chi connectivity index (χ1n) is 14.5. The van der Waals surface area contributed by atoms with Crippen LogP contribution in [0.25, 0.3) is 10.9 Å². The minimum absolute atomic E-state index is 0.233. The molecule has 0 radical (unpaired) electrons. The predicted octanol–water partition coefficient (Wildman–Crippen LogP) is 7.29. The number of benzene rings is 5. The Morgan fingerprint density at radius 1 is 0.674 bits per heavy atom. The Hall–Kier alpha value is -5.42. The molecule has 1 aliphatic heterocycles. The van der Waals surface area contributed by atoms with Gasteiger partial charge in [-0.3, -0.25) is 9.59 Å². The monoisotopic (exact) mass is 562 g/mol. The summed E-state index contributed by atoms with van der Waals surface area (Å²) in [6.45, 7) is 0.516. The van der Waals surface area contributed by atoms with E-state index >= 15 is 0 Å². The van der Waals surface area contributed by atoms with Crippen molar-refractivity contribution in [3.05, 3.63) is 177 Å². The molecule has 5 nitrogen and oxygen atoms in total. The number of carbonyl (C=O) groups is 1. The lowest BCUT2D eigenvalue weighted by Crippen LogP contribution is -2.32. The number of amides is 1. The fourth-order valence-electron chi connectivity index (χ4n) is 6.68. The molecule has 0 aliphatic carbocycles. The standard InChI is InChI=1S/C38H30N2O3/c41-35-32-20-10-12-26-13-11-25-40(34(26)32)37(43)33(35)36(42)39-31-23-21-30(22-24-31)38(27-14-4-1-5-15-27,28-16-6-2-7-17-28)29-18-8-3-9-19-29/h1-10,12,14-24,41H,11,13,25H2,(H,39,42). The maximum Gasteiger partial charge on any atom is 0.267 e. The Labute approximate surface area is 249 Å². The lowest BCUT2D eigenvalue weighted by atomic mass is 9.65. The summed E-state index contributed by atoms with van der Waals surface area (Å²) in [5.41, 5.74) is 5.33. The van der Waals surface area contributed by atoms with Crippen molar-refractivity contribution >= 4 is 22.5 Å². The molecule has 2 heterocycles. The SMILES string of the molecule is O=C(Nc1ccc(C(c2ccccc2)(c2ccccc2)c2ccccc2)cc1)c1c(O)c2cccc3c2n(c1=O)CCC3. The highest BCUT2D eigenvalue weighted by Gasteiger charge is 2.38. The first-order chi connectivity index (χ1) is 21.1. The molecule has 1 aliphatic rings. The smallest absolute Gasteiger partial charge is 0.267 e. The van der Waals surface area contributed by atoms with Crippen LogP contribution < -0.4 is 10.9 Å². The van der Waals surface area contributed by atoms with E-state index in [9.17, 15) is 14.7 Å². The zero-order chi connectivity index (χ0) is 29.4. The summed E-state index contributed by atoms with van der Waals surface area (Å²) < 4.78 is 1.62. The van der Waals surface area contributed by atoms with Crippen LogP contribution in [0.3, 0.4) is 0 Å². The maximum atomic E-state index is 13.5. The number of hydrogen-bond donors (Lipinski definition) is 2. The van der Waals surface area contributed by atoms with Crippen LogP contribution >= 0.6 is 0 Å². The molecule has 0 saturated carbocycles. The van der Waals surface area contributed by atoms with Gasteiger partial charge in [-0.05, 0) is 58.9 Å². The highest BCUT2D eigenvalue weighted by molar-refractivity contribution is 6.09. The number of hydrogen-bond acceptors (Lipinski definition) is 3. The summed E-state index contributed by atoms with van der Waals surface area (Å²) in [7, 11) is 0. The molecule has 2 N–H and O–H groups in total. The summed E-state index contributed by atoms with van der Waals surface area (Å²) in [6.07, 6.45) is 1.65. The summed E-state index contributed by atoms with van der Waals surface area (Å²) >= 11 is 0. The van der Waals surface area contributed by atoms with Gasteiger partial charge < -0.3 is 15.0 Å². The van der Waals surface area contributed by atoms with Crippen LogP contribution in [0.15, 0.2) is 138 Å². The van der Waals surface area contributed by atoms with Crippen molar-refractivity contribution in [1.82, 2.24) is 4.57 Å². The van der Waals surface area contributed by atoms with Gasteiger partial charge in [0, 0.05) is 17.6 Å². The van der Waals surface area contributed by atoms with Crippen LogP contribution in [0.4, 0.5) is 5.69 Å². The molecule has 0 saturated heterocycles. The molecule has 0 unspecified atom stereocenters. The molecule has 0 atom stereocenters. The average Bonchev–Trinajstić information content (AvgIpc) is 3.06. The number of aromatic hydroxyl groups is 1. The summed E-state index contributed by atoms with van der Waals surface area (Å²) in [6, 6.07) is 44.5. The quantitative estimate of drug-likeness (QED) is 0.210.